The molecule has 0 bridgehead atoms. The summed E-state index contributed by atoms with van der Waals surface area (Å²) in [4.78, 5) is 12.3. The van der Waals surface area contributed by atoms with E-state index in [1.807, 2.05) is 30.3 Å². The Labute approximate surface area is 127 Å². The zero-order valence-electron chi connectivity index (χ0n) is 11.9. The van der Waals surface area contributed by atoms with Crippen molar-refractivity contribution in [1.82, 2.24) is 0 Å². The minimum Gasteiger partial charge on any atom is -0.507 e. The van der Waals surface area contributed by atoms with Crippen molar-refractivity contribution in [2.75, 3.05) is 6.61 Å². The zero-order chi connectivity index (χ0) is 15.5. The van der Waals surface area contributed by atoms with Crippen molar-refractivity contribution in [3.8, 4) is 5.75 Å². The summed E-state index contributed by atoms with van der Waals surface area (Å²) >= 11 is 0. The minimum absolute atomic E-state index is 0.0749. The van der Waals surface area contributed by atoms with Gasteiger partial charge < -0.3 is 14.6 Å². The van der Waals surface area contributed by atoms with E-state index in [0.717, 1.165) is 5.56 Å². The molecule has 2 N–H and O–H groups in total. The molecule has 1 unspecified atom stereocenters. The summed E-state index contributed by atoms with van der Waals surface area (Å²) in [5.74, 6) is -0.485. The Hall–Kier alpha value is -2.59. The van der Waals surface area contributed by atoms with E-state index < -0.39 is 11.5 Å². The first-order valence-corrected chi connectivity index (χ1v) is 7.13. The molecule has 112 valence electrons. The smallest absolute Gasteiger partial charge is 0.343 e. The summed E-state index contributed by atoms with van der Waals surface area (Å²) in [7, 11) is 0. The fraction of sp³-hybridized carbons (Fsp3) is 0.167. The quantitative estimate of drug-likeness (QED) is 0.726. The van der Waals surface area contributed by atoms with Crippen LogP contribution in [0.2, 0.25) is 0 Å². The highest BCUT2D eigenvalue weighted by Crippen LogP contribution is 2.35. The molecule has 2 aromatic carbocycles. The van der Waals surface area contributed by atoms with Gasteiger partial charge in [-0.15, -0.1) is 0 Å². The molecule has 0 saturated heterocycles. The van der Waals surface area contributed by atoms with E-state index in [0.29, 0.717) is 17.4 Å². The Bertz CT molecular complexity index is 837. The average Bonchev–Trinajstić information content (AvgIpc) is 2.55. The van der Waals surface area contributed by atoms with Crippen molar-refractivity contribution in [2.24, 2.45) is 0 Å². The summed E-state index contributed by atoms with van der Waals surface area (Å²) in [6.07, 6.45) is 0.334. The fourth-order valence-corrected chi connectivity index (χ4v) is 2.75. The van der Waals surface area contributed by atoms with Gasteiger partial charge in [-0.3, -0.25) is 0 Å². The van der Waals surface area contributed by atoms with Crippen LogP contribution in [0.3, 0.4) is 0 Å². The lowest BCUT2D eigenvalue weighted by Crippen LogP contribution is -2.15. The van der Waals surface area contributed by atoms with E-state index >= 15 is 0 Å². The third kappa shape index (κ3) is 2.49. The first-order chi connectivity index (χ1) is 10.7. The lowest BCUT2D eigenvalue weighted by molar-refractivity contribution is 0.279. The number of rotatable bonds is 4. The number of fused-ring (bicyclic) bond motifs is 1. The number of hydrogen-bond acceptors (Lipinski definition) is 4. The molecule has 0 fully saturated rings. The third-order valence-corrected chi connectivity index (χ3v) is 3.79. The topological polar surface area (TPSA) is 70.7 Å². The van der Waals surface area contributed by atoms with E-state index in [4.69, 9.17) is 4.42 Å². The second kappa shape index (κ2) is 6.03. The minimum atomic E-state index is -0.571. The van der Waals surface area contributed by atoms with Gasteiger partial charge in [0.05, 0.1) is 10.9 Å². The largest absolute Gasteiger partial charge is 0.507 e. The number of aromatic hydroxyl groups is 1. The van der Waals surface area contributed by atoms with Crippen molar-refractivity contribution in [1.29, 1.82) is 0 Å². The highest BCUT2D eigenvalue weighted by Gasteiger charge is 2.24. The summed E-state index contributed by atoms with van der Waals surface area (Å²) in [5.41, 5.74) is 0.830. The van der Waals surface area contributed by atoms with Gasteiger partial charge in [0.2, 0.25) is 0 Å². The van der Waals surface area contributed by atoms with Crippen LogP contribution in [0.5, 0.6) is 5.75 Å². The summed E-state index contributed by atoms with van der Waals surface area (Å²) in [6.45, 7) is -0.0920. The van der Waals surface area contributed by atoms with E-state index in [1.54, 1.807) is 24.3 Å². The normalized spacial score (nSPS) is 12.4. The number of benzene rings is 2. The number of para-hydroxylation sites is 1. The molecule has 0 aliphatic heterocycles. The van der Waals surface area contributed by atoms with Crippen LogP contribution in [0.25, 0.3) is 11.0 Å². The molecule has 0 amide bonds. The second-order valence-corrected chi connectivity index (χ2v) is 5.12. The molecule has 1 atom stereocenters. The van der Waals surface area contributed by atoms with Gasteiger partial charge in [-0.05, 0) is 24.1 Å². The van der Waals surface area contributed by atoms with Crippen molar-refractivity contribution in [3.05, 3.63) is 76.1 Å². The SMILES string of the molecule is O=c1oc2ccccc2c(O)c1C(CCO)c1ccccc1. The molecule has 1 aromatic heterocycles. The molecule has 4 heteroatoms. The predicted molar refractivity (Wildman–Crippen MR) is 84.1 cm³/mol. The molecule has 22 heavy (non-hydrogen) atoms. The van der Waals surface area contributed by atoms with Crippen LogP contribution in [0, 0.1) is 0 Å². The molecular formula is C18H16O4. The van der Waals surface area contributed by atoms with Gasteiger partial charge in [0, 0.05) is 12.5 Å². The molecular weight excluding hydrogens is 280 g/mol. The van der Waals surface area contributed by atoms with Gasteiger partial charge in [0.1, 0.15) is 11.3 Å². The lowest BCUT2D eigenvalue weighted by atomic mass is 9.88. The Morgan fingerprint density at radius 1 is 1.00 bits per heavy atom. The standard InChI is InChI=1S/C18H16O4/c19-11-10-13(12-6-2-1-3-7-12)16-17(20)14-8-4-5-9-15(14)22-18(16)21/h1-9,13,19-20H,10-11H2. The molecule has 0 spiro atoms. The maximum atomic E-state index is 12.3. The van der Waals surface area contributed by atoms with E-state index in [1.165, 1.54) is 0 Å². The Morgan fingerprint density at radius 2 is 1.68 bits per heavy atom. The monoisotopic (exact) mass is 296 g/mol. The van der Waals surface area contributed by atoms with Gasteiger partial charge in [0.15, 0.2) is 0 Å². The van der Waals surface area contributed by atoms with E-state index in [-0.39, 0.29) is 17.9 Å². The van der Waals surface area contributed by atoms with Crippen LogP contribution in [0.1, 0.15) is 23.5 Å². The Balaban J connectivity index is 2.24. The maximum absolute atomic E-state index is 12.3. The van der Waals surface area contributed by atoms with Gasteiger partial charge >= 0.3 is 5.63 Å². The van der Waals surface area contributed by atoms with Crippen molar-refractivity contribution in [2.45, 2.75) is 12.3 Å². The second-order valence-electron chi connectivity index (χ2n) is 5.12. The van der Waals surface area contributed by atoms with Crippen LogP contribution in [0.15, 0.2) is 63.8 Å². The molecule has 1 heterocycles. The third-order valence-electron chi connectivity index (χ3n) is 3.79. The molecule has 0 saturated carbocycles. The van der Waals surface area contributed by atoms with Crippen LogP contribution in [-0.2, 0) is 0 Å². The molecule has 0 aliphatic carbocycles. The van der Waals surface area contributed by atoms with Gasteiger partial charge in [-0.25, -0.2) is 4.79 Å². The van der Waals surface area contributed by atoms with Gasteiger partial charge in [0.25, 0.3) is 0 Å². The number of hydrogen-bond donors (Lipinski definition) is 2. The Kier molecular flexibility index (Phi) is 3.94. The average molecular weight is 296 g/mol. The van der Waals surface area contributed by atoms with Crippen LogP contribution in [-0.4, -0.2) is 16.8 Å². The van der Waals surface area contributed by atoms with Crippen molar-refractivity contribution >= 4 is 11.0 Å². The van der Waals surface area contributed by atoms with E-state index in [9.17, 15) is 15.0 Å². The first-order valence-electron chi connectivity index (χ1n) is 7.13. The van der Waals surface area contributed by atoms with Gasteiger partial charge in [-0.1, -0.05) is 42.5 Å². The first kappa shape index (κ1) is 14.4. The van der Waals surface area contributed by atoms with Crippen LogP contribution < -0.4 is 5.63 Å². The zero-order valence-corrected chi connectivity index (χ0v) is 11.9. The number of aliphatic hydroxyl groups excluding tert-OH is 1. The molecule has 0 radical (unpaired) electrons. The molecule has 3 aromatic rings. The highest BCUT2D eigenvalue weighted by atomic mass is 16.4. The van der Waals surface area contributed by atoms with Crippen LogP contribution >= 0.6 is 0 Å². The fourth-order valence-electron chi connectivity index (χ4n) is 2.75. The Morgan fingerprint density at radius 3 is 2.41 bits per heavy atom. The van der Waals surface area contributed by atoms with Gasteiger partial charge in [-0.2, -0.15) is 0 Å². The van der Waals surface area contributed by atoms with Crippen molar-refractivity contribution < 1.29 is 14.6 Å². The number of aliphatic hydroxyl groups is 1. The lowest BCUT2D eigenvalue weighted by Gasteiger charge is -2.17. The predicted octanol–water partition coefficient (Wildman–Crippen LogP) is 3.01. The van der Waals surface area contributed by atoms with E-state index in [2.05, 4.69) is 0 Å². The maximum Gasteiger partial charge on any atom is 0.343 e. The summed E-state index contributed by atoms with van der Waals surface area (Å²) in [6, 6.07) is 16.2. The van der Waals surface area contributed by atoms with Crippen molar-refractivity contribution in [3.63, 3.8) is 0 Å². The molecule has 3 rings (SSSR count). The summed E-state index contributed by atoms with van der Waals surface area (Å²) in [5, 5.41) is 20.4. The molecule has 4 nitrogen and oxygen atoms in total. The molecule has 0 aliphatic rings. The van der Waals surface area contributed by atoms with Crippen LogP contribution in [0.4, 0.5) is 0 Å². The summed E-state index contributed by atoms with van der Waals surface area (Å²) < 4.78 is 5.33. The highest BCUT2D eigenvalue weighted by molar-refractivity contribution is 5.84.